The molecule has 0 unspecified atom stereocenters. The number of benzene rings is 3. The van der Waals surface area contributed by atoms with Crippen molar-refractivity contribution in [3.8, 4) is 11.4 Å². The van der Waals surface area contributed by atoms with Crippen LogP contribution in [0.5, 0.6) is 5.75 Å². The van der Waals surface area contributed by atoms with E-state index in [4.69, 9.17) is 16.3 Å². The lowest BCUT2D eigenvalue weighted by Crippen LogP contribution is -2.19. The molecule has 1 heterocycles. The first-order valence-corrected chi connectivity index (χ1v) is 13.1. The zero-order valence-electron chi connectivity index (χ0n) is 20.4. The van der Waals surface area contributed by atoms with Crippen LogP contribution in [0.15, 0.2) is 88.9 Å². The molecular weight excluding hydrogens is 512 g/mol. The van der Waals surface area contributed by atoms with E-state index in [-0.39, 0.29) is 10.5 Å². The van der Waals surface area contributed by atoms with Gasteiger partial charge in [0.25, 0.3) is 15.9 Å². The van der Waals surface area contributed by atoms with Gasteiger partial charge in [-0.05, 0) is 86.6 Å². The molecule has 4 rings (SSSR count). The zero-order chi connectivity index (χ0) is 26.6. The summed E-state index contributed by atoms with van der Waals surface area (Å²) in [5.74, 6) is 0.0679. The largest absolute Gasteiger partial charge is 0.497 e. The number of halogens is 1. The first kappa shape index (κ1) is 26.0. The molecule has 0 fully saturated rings. The Morgan fingerprint density at radius 3 is 2.38 bits per heavy atom. The third-order valence-electron chi connectivity index (χ3n) is 5.67. The highest BCUT2D eigenvalue weighted by Gasteiger charge is 2.17. The lowest BCUT2D eigenvalue weighted by Gasteiger charge is -2.10. The Morgan fingerprint density at radius 2 is 1.70 bits per heavy atom. The minimum absolute atomic E-state index is 0.0496. The van der Waals surface area contributed by atoms with Gasteiger partial charge < -0.3 is 9.30 Å². The van der Waals surface area contributed by atoms with E-state index in [1.54, 1.807) is 30.5 Å². The van der Waals surface area contributed by atoms with Crippen LogP contribution in [0, 0.1) is 13.8 Å². The third kappa shape index (κ3) is 6.02. The molecule has 3 aromatic carbocycles. The number of aryl methyl sites for hydroxylation is 1. The Kier molecular flexibility index (Phi) is 7.66. The molecule has 10 heteroatoms. The summed E-state index contributed by atoms with van der Waals surface area (Å²) in [6.45, 7) is 3.93. The molecule has 190 valence electrons. The van der Waals surface area contributed by atoms with Gasteiger partial charge in [-0.3, -0.25) is 9.52 Å². The van der Waals surface area contributed by atoms with Crippen molar-refractivity contribution in [2.75, 3.05) is 11.8 Å². The second-order valence-electron chi connectivity index (χ2n) is 8.20. The van der Waals surface area contributed by atoms with Crippen molar-refractivity contribution < 1.29 is 17.9 Å². The van der Waals surface area contributed by atoms with E-state index in [1.807, 2.05) is 44.2 Å². The number of sulfonamides is 1. The number of methoxy groups -OCH3 is 1. The average molecular weight is 537 g/mol. The number of carbonyl (C=O) groups excluding carboxylic acids is 1. The Hall–Kier alpha value is -4.08. The fraction of sp³-hybridized carbons (Fsp3) is 0.111. The van der Waals surface area contributed by atoms with Crippen LogP contribution in [0.3, 0.4) is 0 Å². The van der Waals surface area contributed by atoms with Gasteiger partial charge in [0.05, 0.1) is 18.2 Å². The van der Waals surface area contributed by atoms with E-state index in [0.717, 1.165) is 22.6 Å². The lowest BCUT2D eigenvalue weighted by atomic mass is 10.2. The number of aromatic nitrogens is 1. The van der Waals surface area contributed by atoms with Crippen molar-refractivity contribution >= 4 is 39.4 Å². The van der Waals surface area contributed by atoms with E-state index in [2.05, 4.69) is 19.8 Å². The number of amides is 1. The highest BCUT2D eigenvalue weighted by atomic mass is 35.5. The standard InChI is InChI=1S/C27H25ClN4O4S/c1-18-15-21(19(2)32(18)24-11-7-22(28)8-12-24)17-29-30-27(33)20-5-4-6-26(16-20)37(34,35)31-23-9-13-25(36-3)14-10-23/h4-17,31H,1-3H3,(H,30,33)/b29-17+. The van der Waals surface area contributed by atoms with Crippen LogP contribution in [-0.4, -0.2) is 32.2 Å². The first-order valence-electron chi connectivity index (χ1n) is 11.2. The molecule has 0 radical (unpaired) electrons. The van der Waals surface area contributed by atoms with Crippen LogP contribution in [-0.2, 0) is 10.0 Å². The van der Waals surface area contributed by atoms with Gasteiger partial charge in [0.2, 0.25) is 0 Å². The maximum Gasteiger partial charge on any atom is 0.271 e. The first-order chi connectivity index (χ1) is 17.7. The van der Waals surface area contributed by atoms with Gasteiger partial charge in [-0.25, -0.2) is 13.8 Å². The number of nitrogens with zero attached hydrogens (tertiary/aromatic N) is 2. The van der Waals surface area contributed by atoms with Crippen LogP contribution in [0.4, 0.5) is 5.69 Å². The van der Waals surface area contributed by atoms with Crippen LogP contribution >= 0.6 is 11.6 Å². The van der Waals surface area contributed by atoms with E-state index >= 15 is 0 Å². The summed E-state index contributed by atoms with van der Waals surface area (Å²) in [4.78, 5) is 12.6. The Morgan fingerprint density at radius 1 is 1.00 bits per heavy atom. The summed E-state index contributed by atoms with van der Waals surface area (Å²) < 4.78 is 35.3. The van der Waals surface area contributed by atoms with Gasteiger partial charge in [-0.1, -0.05) is 17.7 Å². The maximum atomic E-state index is 12.8. The number of hydrazone groups is 1. The van der Waals surface area contributed by atoms with E-state index in [9.17, 15) is 13.2 Å². The van der Waals surface area contributed by atoms with Gasteiger partial charge >= 0.3 is 0 Å². The topological polar surface area (TPSA) is 102 Å². The van der Waals surface area contributed by atoms with Crippen molar-refractivity contribution in [1.82, 2.24) is 9.99 Å². The molecule has 0 spiro atoms. The molecule has 37 heavy (non-hydrogen) atoms. The van der Waals surface area contributed by atoms with Crippen molar-refractivity contribution in [3.63, 3.8) is 0 Å². The lowest BCUT2D eigenvalue weighted by molar-refractivity contribution is 0.0955. The fourth-order valence-electron chi connectivity index (χ4n) is 3.81. The fourth-order valence-corrected chi connectivity index (χ4v) is 5.04. The number of hydrogen-bond donors (Lipinski definition) is 2. The maximum absolute atomic E-state index is 12.8. The third-order valence-corrected chi connectivity index (χ3v) is 7.30. The predicted molar refractivity (Wildman–Crippen MR) is 146 cm³/mol. The molecule has 1 aromatic heterocycles. The summed E-state index contributed by atoms with van der Waals surface area (Å²) in [7, 11) is -2.38. The molecule has 1 amide bonds. The summed E-state index contributed by atoms with van der Waals surface area (Å²) in [6, 6.07) is 21.7. The molecular formula is C27H25ClN4O4S. The number of carbonyl (C=O) groups is 1. The van der Waals surface area contributed by atoms with Crippen molar-refractivity contribution in [2.45, 2.75) is 18.7 Å². The van der Waals surface area contributed by atoms with E-state index in [0.29, 0.717) is 16.5 Å². The monoisotopic (exact) mass is 536 g/mol. The summed E-state index contributed by atoms with van der Waals surface area (Å²) >= 11 is 6.00. The van der Waals surface area contributed by atoms with Crippen molar-refractivity contribution in [2.24, 2.45) is 5.10 Å². The number of anilines is 1. The number of rotatable bonds is 8. The van der Waals surface area contributed by atoms with Crippen molar-refractivity contribution in [1.29, 1.82) is 0 Å². The molecule has 0 bridgehead atoms. The van der Waals surface area contributed by atoms with Crippen LogP contribution in [0.2, 0.25) is 5.02 Å². The quantitative estimate of drug-likeness (QED) is 0.235. The molecule has 8 nitrogen and oxygen atoms in total. The van der Waals surface area contributed by atoms with Crippen LogP contribution in [0.1, 0.15) is 27.3 Å². The minimum atomic E-state index is -3.91. The number of hydrogen-bond acceptors (Lipinski definition) is 5. The highest BCUT2D eigenvalue weighted by Crippen LogP contribution is 2.22. The van der Waals surface area contributed by atoms with E-state index in [1.165, 1.54) is 31.4 Å². The Bertz CT molecular complexity index is 1560. The summed E-state index contributed by atoms with van der Waals surface area (Å²) in [6.07, 6.45) is 1.55. The number of nitrogens with one attached hydrogen (secondary N) is 2. The Balaban J connectivity index is 1.47. The molecule has 0 aliphatic carbocycles. The molecule has 0 atom stereocenters. The number of ether oxygens (including phenoxy) is 1. The molecule has 2 N–H and O–H groups in total. The molecule has 4 aromatic rings. The van der Waals surface area contributed by atoms with Crippen LogP contribution in [0.25, 0.3) is 5.69 Å². The van der Waals surface area contributed by atoms with Gasteiger partial charge in [-0.15, -0.1) is 0 Å². The van der Waals surface area contributed by atoms with Gasteiger partial charge in [0, 0.05) is 38.9 Å². The minimum Gasteiger partial charge on any atom is -0.497 e. The van der Waals surface area contributed by atoms with Gasteiger partial charge in [0.15, 0.2) is 0 Å². The van der Waals surface area contributed by atoms with Crippen molar-refractivity contribution in [3.05, 3.63) is 106 Å². The summed E-state index contributed by atoms with van der Waals surface area (Å²) in [5, 5.41) is 4.74. The normalized spacial score (nSPS) is 11.5. The van der Waals surface area contributed by atoms with E-state index < -0.39 is 15.9 Å². The second kappa shape index (κ2) is 10.9. The molecule has 0 saturated heterocycles. The second-order valence-corrected chi connectivity index (χ2v) is 10.3. The highest BCUT2D eigenvalue weighted by molar-refractivity contribution is 7.92. The summed E-state index contributed by atoms with van der Waals surface area (Å²) in [5.41, 5.74) is 6.72. The molecule has 0 saturated carbocycles. The Labute approximate surface area is 220 Å². The molecule has 0 aliphatic rings. The van der Waals surface area contributed by atoms with Gasteiger partial charge in [-0.2, -0.15) is 5.10 Å². The van der Waals surface area contributed by atoms with Gasteiger partial charge in [0.1, 0.15) is 5.75 Å². The zero-order valence-corrected chi connectivity index (χ0v) is 22.0. The average Bonchev–Trinajstić information content (AvgIpc) is 3.17. The van der Waals surface area contributed by atoms with Crippen LogP contribution < -0.4 is 14.9 Å². The smallest absolute Gasteiger partial charge is 0.271 e. The SMILES string of the molecule is COc1ccc(NS(=O)(=O)c2cccc(C(=O)N/N=C/c3cc(C)n(-c4ccc(Cl)cc4)c3C)c2)cc1. The molecule has 0 aliphatic heterocycles. The predicted octanol–water partition coefficient (Wildman–Crippen LogP) is 5.32.